The molecule has 1 aromatic rings. The Morgan fingerprint density at radius 1 is 1.32 bits per heavy atom. The zero-order chi connectivity index (χ0) is 13.2. The maximum Gasteiger partial charge on any atom is 0.256 e. The molecule has 1 amide bonds. The molecule has 0 saturated carbocycles. The van der Waals surface area contributed by atoms with Crippen LogP contribution >= 0.6 is 15.9 Å². The van der Waals surface area contributed by atoms with Crippen molar-refractivity contribution in [2.75, 3.05) is 26.3 Å². The molecule has 2 saturated heterocycles. The number of hydrogen-bond donors (Lipinski definition) is 0. The lowest BCUT2D eigenvalue weighted by molar-refractivity contribution is -0.00269. The van der Waals surface area contributed by atoms with Crippen LogP contribution in [0, 0.1) is 11.8 Å². The van der Waals surface area contributed by atoms with Crippen LogP contribution < -0.4 is 0 Å². The molecule has 0 spiro atoms. The highest BCUT2D eigenvalue weighted by Crippen LogP contribution is 2.32. The molecular formula is C14H17BrN2O2. The number of halogens is 1. The summed E-state index contributed by atoms with van der Waals surface area (Å²) in [5.41, 5.74) is 0.660. The number of pyridine rings is 1. The van der Waals surface area contributed by atoms with Crippen molar-refractivity contribution in [3.63, 3.8) is 0 Å². The fraction of sp³-hybridized carbons (Fsp3) is 0.571. The molecule has 0 bridgehead atoms. The molecule has 0 radical (unpaired) electrons. The lowest BCUT2D eigenvalue weighted by Crippen LogP contribution is -2.53. The SMILES string of the molecule is O=C(c1cccnc1Br)N1CC(C2CCOCC2)C1. The first kappa shape index (κ1) is 13.1. The summed E-state index contributed by atoms with van der Waals surface area (Å²) in [5.74, 6) is 1.47. The molecule has 2 aliphatic heterocycles. The number of ether oxygens (including phenoxy) is 1. The Morgan fingerprint density at radius 3 is 2.74 bits per heavy atom. The zero-order valence-electron chi connectivity index (χ0n) is 10.7. The van der Waals surface area contributed by atoms with E-state index in [2.05, 4.69) is 20.9 Å². The zero-order valence-corrected chi connectivity index (χ0v) is 12.3. The van der Waals surface area contributed by atoms with Crippen molar-refractivity contribution in [2.24, 2.45) is 11.8 Å². The first-order valence-corrected chi connectivity index (χ1v) is 7.52. The van der Waals surface area contributed by atoms with E-state index in [4.69, 9.17) is 4.74 Å². The normalized spacial score (nSPS) is 21.2. The highest BCUT2D eigenvalue weighted by atomic mass is 79.9. The maximum atomic E-state index is 12.3. The van der Waals surface area contributed by atoms with Gasteiger partial charge in [-0.05, 0) is 52.7 Å². The van der Waals surface area contributed by atoms with Gasteiger partial charge >= 0.3 is 0 Å². The predicted molar refractivity (Wildman–Crippen MR) is 74.9 cm³/mol. The molecular weight excluding hydrogens is 308 g/mol. The van der Waals surface area contributed by atoms with E-state index in [1.165, 1.54) is 0 Å². The molecule has 0 unspecified atom stereocenters. The number of carbonyl (C=O) groups is 1. The van der Waals surface area contributed by atoms with E-state index in [1.54, 1.807) is 12.3 Å². The van der Waals surface area contributed by atoms with Gasteiger partial charge in [-0.1, -0.05) is 0 Å². The molecule has 0 aliphatic carbocycles. The molecule has 0 atom stereocenters. The van der Waals surface area contributed by atoms with E-state index in [9.17, 15) is 4.79 Å². The van der Waals surface area contributed by atoms with Crippen LogP contribution in [-0.2, 0) is 4.74 Å². The number of amides is 1. The van der Waals surface area contributed by atoms with Crippen LogP contribution in [0.15, 0.2) is 22.9 Å². The topological polar surface area (TPSA) is 42.4 Å². The van der Waals surface area contributed by atoms with E-state index in [1.807, 2.05) is 11.0 Å². The van der Waals surface area contributed by atoms with E-state index >= 15 is 0 Å². The summed E-state index contributed by atoms with van der Waals surface area (Å²) in [6.45, 7) is 3.52. The Balaban J connectivity index is 1.58. The van der Waals surface area contributed by atoms with Gasteiger partial charge in [-0.3, -0.25) is 4.79 Å². The third-order valence-electron chi connectivity index (χ3n) is 4.12. The van der Waals surface area contributed by atoms with E-state index in [0.29, 0.717) is 16.1 Å². The van der Waals surface area contributed by atoms with Crippen molar-refractivity contribution < 1.29 is 9.53 Å². The van der Waals surface area contributed by atoms with Crippen molar-refractivity contribution in [3.8, 4) is 0 Å². The van der Waals surface area contributed by atoms with Gasteiger partial charge in [0.15, 0.2) is 0 Å². The first-order valence-electron chi connectivity index (χ1n) is 6.73. The summed E-state index contributed by atoms with van der Waals surface area (Å²) in [4.78, 5) is 18.3. The van der Waals surface area contributed by atoms with Gasteiger partial charge in [0.2, 0.25) is 0 Å². The number of aromatic nitrogens is 1. The van der Waals surface area contributed by atoms with Gasteiger partial charge in [-0.25, -0.2) is 4.98 Å². The number of hydrogen-bond acceptors (Lipinski definition) is 3. The molecule has 3 rings (SSSR count). The standard InChI is InChI=1S/C14H17BrN2O2/c15-13-12(2-1-5-16-13)14(18)17-8-11(9-17)10-3-6-19-7-4-10/h1-2,5,10-11H,3-4,6-9H2. The summed E-state index contributed by atoms with van der Waals surface area (Å²) in [6, 6.07) is 3.62. The fourth-order valence-corrected chi connectivity index (χ4v) is 3.30. The molecule has 2 aliphatic rings. The van der Waals surface area contributed by atoms with Gasteiger partial charge in [0.25, 0.3) is 5.91 Å². The number of rotatable bonds is 2. The molecule has 4 nitrogen and oxygen atoms in total. The lowest BCUT2D eigenvalue weighted by atomic mass is 9.81. The fourth-order valence-electron chi connectivity index (χ4n) is 2.88. The Hall–Kier alpha value is -0.940. The van der Waals surface area contributed by atoms with Crippen LogP contribution in [0.5, 0.6) is 0 Å². The largest absolute Gasteiger partial charge is 0.381 e. The quantitative estimate of drug-likeness (QED) is 0.784. The molecule has 0 aromatic carbocycles. The predicted octanol–water partition coefficient (Wildman–Crippen LogP) is 2.34. The Bertz CT molecular complexity index is 468. The van der Waals surface area contributed by atoms with Crippen LogP contribution in [0.4, 0.5) is 0 Å². The molecule has 5 heteroatoms. The summed E-state index contributed by atoms with van der Waals surface area (Å²) < 4.78 is 6.02. The summed E-state index contributed by atoms with van der Waals surface area (Å²) in [6.07, 6.45) is 3.97. The summed E-state index contributed by atoms with van der Waals surface area (Å²) >= 11 is 3.34. The van der Waals surface area contributed by atoms with Gasteiger partial charge in [-0.2, -0.15) is 0 Å². The van der Waals surface area contributed by atoms with Crippen molar-refractivity contribution in [1.82, 2.24) is 9.88 Å². The lowest BCUT2D eigenvalue weighted by Gasteiger charge is -2.44. The number of nitrogens with zero attached hydrogens (tertiary/aromatic N) is 2. The summed E-state index contributed by atoms with van der Waals surface area (Å²) in [7, 11) is 0. The molecule has 1 aromatic heterocycles. The minimum absolute atomic E-state index is 0.0864. The van der Waals surface area contributed by atoms with Gasteiger partial charge in [0.05, 0.1) is 5.56 Å². The highest BCUT2D eigenvalue weighted by Gasteiger charge is 2.37. The average molecular weight is 325 g/mol. The van der Waals surface area contributed by atoms with Gasteiger partial charge in [-0.15, -0.1) is 0 Å². The molecule has 102 valence electrons. The van der Waals surface area contributed by atoms with Crippen molar-refractivity contribution >= 4 is 21.8 Å². The maximum absolute atomic E-state index is 12.3. The van der Waals surface area contributed by atoms with Crippen LogP contribution in [-0.4, -0.2) is 42.1 Å². The number of carbonyl (C=O) groups excluding carboxylic acids is 1. The number of likely N-dealkylation sites (tertiary alicyclic amines) is 1. The van der Waals surface area contributed by atoms with Crippen molar-refractivity contribution in [3.05, 3.63) is 28.5 Å². The van der Waals surface area contributed by atoms with Crippen LogP contribution in [0.1, 0.15) is 23.2 Å². The van der Waals surface area contributed by atoms with Gasteiger partial charge in [0.1, 0.15) is 4.60 Å². The third kappa shape index (κ3) is 2.67. The second-order valence-electron chi connectivity index (χ2n) is 5.26. The Morgan fingerprint density at radius 2 is 2.05 bits per heavy atom. The molecule has 19 heavy (non-hydrogen) atoms. The Labute approximate surface area is 121 Å². The van der Waals surface area contributed by atoms with Gasteiger partial charge in [0, 0.05) is 32.5 Å². The smallest absolute Gasteiger partial charge is 0.256 e. The average Bonchev–Trinajstić information content (AvgIpc) is 2.38. The second-order valence-corrected chi connectivity index (χ2v) is 6.01. The first-order chi connectivity index (χ1) is 9.25. The minimum Gasteiger partial charge on any atom is -0.381 e. The molecule has 3 heterocycles. The van der Waals surface area contributed by atoms with Crippen molar-refractivity contribution in [1.29, 1.82) is 0 Å². The van der Waals surface area contributed by atoms with E-state index < -0.39 is 0 Å². The second kappa shape index (κ2) is 5.59. The van der Waals surface area contributed by atoms with E-state index in [0.717, 1.165) is 45.1 Å². The third-order valence-corrected chi connectivity index (χ3v) is 4.75. The monoisotopic (exact) mass is 324 g/mol. The van der Waals surface area contributed by atoms with Crippen LogP contribution in [0.3, 0.4) is 0 Å². The summed E-state index contributed by atoms with van der Waals surface area (Å²) in [5, 5.41) is 0. The highest BCUT2D eigenvalue weighted by molar-refractivity contribution is 9.10. The molecule has 0 N–H and O–H groups in total. The van der Waals surface area contributed by atoms with Crippen LogP contribution in [0.2, 0.25) is 0 Å². The van der Waals surface area contributed by atoms with Crippen molar-refractivity contribution in [2.45, 2.75) is 12.8 Å². The van der Waals surface area contributed by atoms with Gasteiger partial charge < -0.3 is 9.64 Å². The minimum atomic E-state index is 0.0864. The molecule has 2 fully saturated rings. The van der Waals surface area contributed by atoms with Crippen LogP contribution in [0.25, 0.3) is 0 Å². The Kier molecular flexibility index (Phi) is 3.84. The van der Waals surface area contributed by atoms with E-state index in [-0.39, 0.29) is 5.91 Å².